The Morgan fingerprint density at radius 1 is 1.22 bits per heavy atom. The minimum Gasteiger partial charge on any atom is -0.351 e. The Morgan fingerprint density at radius 3 is 2.44 bits per heavy atom. The van der Waals surface area contributed by atoms with Crippen molar-refractivity contribution in [3.05, 3.63) is 70.8 Å². The van der Waals surface area contributed by atoms with Crippen molar-refractivity contribution < 1.29 is 32.3 Å². The zero-order valence-electron chi connectivity index (χ0n) is 13.6. The molecule has 2 aromatic rings. The first-order valence-electron chi connectivity index (χ1n) is 7.71. The number of aliphatic hydroxyl groups is 1. The van der Waals surface area contributed by atoms with Crippen molar-refractivity contribution in [1.82, 2.24) is 0 Å². The molecule has 0 saturated heterocycles. The summed E-state index contributed by atoms with van der Waals surface area (Å²) in [4.78, 5) is 16.6. The summed E-state index contributed by atoms with van der Waals surface area (Å²) in [5.74, 6) is -4.92. The molecule has 0 aromatic heterocycles. The summed E-state index contributed by atoms with van der Waals surface area (Å²) >= 11 is 4.82. The second-order valence-electron chi connectivity index (χ2n) is 6.00. The molecule has 1 heterocycles. The van der Waals surface area contributed by atoms with E-state index in [-0.39, 0.29) is 23.3 Å². The molecule has 1 N–H and O–H groups in total. The summed E-state index contributed by atoms with van der Waals surface area (Å²) in [5, 5.41) is 9.06. The van der Waals surface area contributed by atoms with Gasteiger partial charge >= 0.3 is 11.2 Å². The number of oxime groups is 1. The number of Topliss-reactive ketones (excluding diaryl/α,β-unsaturated/α-hetero) is 1. The summed E-state index contributed by atoms with van der Waals surface area (Å²) in [6, 6.07) is 8.59. The fourth-order valence-electron chi connectivity index (χ4n) is 2.52. The van der Waals surface area contributed by atoms with Crippen LogP contribution >= 0.6 is 11.6 Å². The molecule has 9 heteroatoms. The molecular weight excluding hydrogens is 390 g/mol. The van der Waals surface area contributed by atoms with E-state index in [1.165, 1.54) is 30.3 Å². The van der Waals surface area contributed by atoms with Crippen molar-refractivity contribution in [2.24, 2.45) is 5.16 Å². The van der Waals surface area contributed by atoms with Gasteiger partial charge in [0.05, 0.1) is 12.1 Å². The highest BCUT2D eigenvalue weighted by atomic mass is 35.5. The standard InChI is InChI=1S/C18H12ClF4NO3/c19-18(22,23)17(26)9-15(24-27-17)10-1-3-11(4-2-10)16(25)7-12-5-6-13(20)8-14(12)21/h1-6,8,26H,7,9H2. The molecule has 1 atom stereocenters. The Balaban J connectivity index is 1.71. The van der Waals surface area contributed by atoms with Crippen LogP contribution in [0.15, 0.2) is 47.6 Å². The van der Waals surface area contributed by atoms with E-state index in [1.807, 2.05) is 0 Å². The lowest BCUT2D eigenvalue weighted by atomic mass is 9.98. The number of hydrogen-bond acceptors (Lipinski definition) is 4. The van der Waals surface area contributed by atoms with Crippen molar-refractivity contribution in [3.8, 4) is 0 Å². The summed E-state index contributed by atoms with van der Waals surface area (Å²) in [6.07, 6.45) is -0.911. The number of carbonyl (C=O) groups is 1. The Morgan fingerprint density at radius 2 is 1.89 bits per heavy atom. The first-order chi connectivity index (χ1) is 12.6. The number of benzene rings is 2. The van der Waals surface area contributed by atoms with E-state index in [0.29, 0.717) is 11.6 Å². The van der Waals surface area contributed by atoms with Crippen LogP contribution in [-0.4, -0.2) is 27.8 Å². The SMILES string of the molecule is O=C(Cc1ccc(F)cc1F)c1ccc(C2=NOC(O)(C(F)(F)Cl)C2)cc1. The number of rotatable bonds is 5. The molecule has 4 nitrogen and oxygen atoms in total. The third-order valence-electron chi connectivity index (χ3n) is 4.06. The van der Waals surface area contributed by atoms with E-state index in [4.69, 9.17) is 11.6 Å². The number of hydrogen-bond donors (Lipinski definition) is 1. The third kappa shape index (κ3) is 3.96. The highest BCUT2D eigenvalue weighted by Gasteiger charge is 2.58. The van der Waals surface area contributed by atoms with Gasteiger partial charge in [0.2, 0.25) is 0 Å². The Bertz CT molecular complexity index is 912. The molecule has 0 saturated carbocycles. The van der Waals surface area contributed by atoms with Gasteiger partial charge in [-0.15, -0.1) is 0 Å². The zero-order valence-corrected chi connectivity index (χ0v) is 14.3. The van der Waals surface area contributed by atoms with E-state index < -0.39 is 35.0 Å². The van der Waals surface area contributed by atoms with Gasteiger partial charge in [0.15, 0.2) is 5.78 Å². The quantitative estimate of drug-likeness (QED) is 0.467. The van der Waals surface area contributed by atoms with Crippen molar-refractivity contribution in [1.29, 1.82) is 0 Å². The van der Waals surface area contributed by atoms with Crippen LogP contribution in [0, 0.1) is 11.6 Å². The number of carbonyl (C=O) groups excluding carboxylic acids is 1. The lowest BCUT2D eigenvalue weighted by Gasteiger charge is -2.23. The normalized spacial score (nSPS) is 19.6. The molecular formula is C18H12ClF4NO3. The lowest BCUT2D eigenvalue weighted by Crippen LogP contribution is -2.44. The lowest BCUT2D eigenvalue weighted by molar-refractivity contribution is -0.272. The van der Waals surface area contributed by atoms with Crippen LogP contribution in [0.2, 0.25) is 0 Å². The summed E-state index contributed by atoms with van der Waals surface area (Å²) in [6.45, 7) is 0. The van der Waals surface area contributed by atoms with Gasteiger partial charge in [0, 0.05) is 18.1 Å². The highest BCUT2D eigenvalue weighted by molar-refractivity contribution is 6.22. The average Bonchev–Trinajstić information content (AvgIpc) is 3.01. The second-order valence-corrected chi connectivity index (χ2v) is 6.48. The van der Waals surface area contributed by atoms with Crippen LogP contribution in [0.1, 0.15) is 27.9 Å². The molecule has 0 spiro atoms. The van der Waals surface area contributed by atoms with E-state index >= 15 is 0 Å². The minimum absolute atomic E-state index is 0.0291. The van der Waals surface area contributed by atoms with E-state index in [2.05, 4.69) is 9.99 Å². The van der Waals surface area contributed by atoms with E-state index in [1.54, 1.807) is 0 Å². The number of nitrogens with zero attached hydrogens (tertiary/aromatic N) is 1. The summed E-state index contributed by atoms with van der Waals surface area (Å²) < 4.78 is 52.9. The first kappa shape index (κ1) is 19.3. The summed E-state index contributed by atoms with van der Waals surface area (Å²) in [5.41, 5.74) is 0.658. The molecule has 0 aliphatic carbocycles. The first-order valence-corrected chi connectivity index (χ1v) is 8.08. The molecule has 1 aliphatic rings. The van der Waals surface area contributed by atoms with Gasteiger partial charge in [0.25, 0.3) is 0 Å². The maximum absolute atomic E-state index is 13.6. The topological polar surface area (TPSA) is 58.9 Å². The highest BCUT2D eigenvalue weighted by Crippen LogP contribution is 2.40. The van der Waals surface area contributed by atoms with Gasteiger partial charge in [-0.3, -0.25) is 4.79 Å². The predicted molar refractivity (Wildman–Crippen MR) is 88.8 cm³/mol. The molecule has 3 rings (SSSR count). The maximum atomic E-state index is 13.6. The number of halogens is 5. The van der Waals surface area contributed by atoms with Crippen molar-refractivity contribution >= 4 is 23.1 Å². The molecule has 27 heavy (non-hydrogen) atoms. The number of alkyl halides is 3. The second kappa shape index (κ2) is 6.94. The van der Waals surface area contributed by atoms with Crippen LogP contribution in [0.4, 0.5) is 17.6 Å². The Hall–Kier alpha value is -2.45. The van der Waals surface area contributed by atoms with Crippen LogP contribution in [-0.2, 0) is 11.3 Å². The van der Waals surface area contributed by atoms with Gasteiger partial charge in [-0.05, 0) is 28.8 Å². The largest absolute Gasteiger partial charge is 0.388 e. The van der Waals surface area contributed by atoms with Gasteiger partial charge < -0.3 is 9.94 Å². The molecule has 2 aromatic carbocycles. The average molecular weight is 402 g/mol. The molecule has 0 amide bonds. The van der Waals surface area contributed by atoms with Gasteiger partial charge in [0.1, 0.15) is 11.6 Å². The predicted octanol–water partition coefficient (Wildman–Crippen LogP) is 4.03. The molecule has 0 radical (unpaired) electrons. The van der Waals surface area contributed by atoms with E-state index in [9.17, 15) is 27.5 Å². The molecule has 142 valence electrons. The van der Waals surface area contributed by atoms with Crippen LogP contribution < -0.4 is 0 Å². The minimum atomic E-state index is -4.03. The van der Waals surface area contributed by atoms with Gasteiger partial charge in [-0.2, -0.15) is 8.78 Å². The van der Waals surface area contributed by atoms with Crippen LogP contribution in [0.25, 0.3) is 0 Å². The van der Waals surface area contributed by atoms with Gasteiger partial charge in [-0.1, -0.05) is 35.5 Å². The van der Waals surface area contributed by atoms with Crippen LogP contribution in [0.5, 0.6) is 0 Å². The molecule has 0 bridgehead atoms. The molecule has 1 unspecified atom stereocenters. The summed E-state index contributed by atoms with van der Waals surface area (Å²) in [7, 11) is 0. The maximum Gasteiger partial charge on any atom is 0.388 e. The van der Waals surface area contributed by atoms with Crippen LogP contribution in [0.3, 0.4) is 0 Å². The van der Waals surface area contributed by atoms with Crippen molar-refractivity contribution in [2.75, 3.05) is 0 Å². The third-order valence-corrected chi connectivity index (χ3v) is 4.36. The Labute approximate surface area is 156 Å². The fraction of sp³-hybridized carbons (Fsp3) is 0.222. The molecule has 0 fully saturated rings. The van der Waals surface area contributed by atoms with Gasteiger partial charge in [-0.25, -0.2) is 8.78 Å². The van der Waals surface area contributed by atoms with Crippen molar-refractivity contribution in [2.45, 2.75) is 24.0 Å². The zero-order chi connectivity index (χ0) is 19.8. The Kier molecular flexibility index (Phi) is 4.96. The fourth-order valence-corrected chi connectivity index (χ4v) is 2.62. The monoisotopic (exact) mass is 401 g/mol. The van der Waals surface area contributed by atoms with E-state index in [0.717, 1.165) is 6.07 Å². The molecule has 1 aliphatic heterocycles. The smallest absolute Gasteiger partial charge is 0.351 e. The number of ketones is 1. The van der Waals surface area contributed by atoms with Crippen molar-refractivity contribution in [3.63, 3.8) is 0 Å².